The second-order valence-electron chi connectivity index (χ2n) is 2.89. The van der Waals surface area contributed by atoms with Gasteiger partial charge in [-0.05, 0) is 0 Å². The van der Waals surface area contributed by atoms with Crippen molar-refractivity contribution in [3.63, 3.8) is 0 Å². The molecule has 0 aromatic heterocycles. The van der Waals surface area contributed by atoms with Gasteiger partial charge in [-0.3, -0.25) is 0 Å². The van der Waals surface area contributed by atoms with Crippen LogP contribution < -0.4 is 0 Å². The third-order valence-electron chi connectivity index (χ3n) is 1.97. The minimum atomic E-state index is -5.08. The Balaban J connectivity index is 0. The molecule has 2 nitrogen and oxygen atoms in total. The van der Waals surface area contributed by atoms with Crippen LogP contribution in [0, 0.1) is 0 Å². The van der Waals surface area contributed by atoms with E-state index in [1.807, 2.05) is 0 Å². The predicted octanol–water partition coefficient (Wildman–Crippen LogP) is 2.91. The number of aliphatic carboxylic acids is 1. The smallest absolute Gasteiger partial charge is 0.475 e. The Morgan fingerprint density at radius 1 is 1.14 bits per heavy atom. The van der Waals surface area contributed by atoms with Crippen molar-refractivity contribution in [3.8, 4) is 0 Å². The summed E-state index contributed by atoms with van der Waals surface area (Å²) in [5, 5.41) is 7.12. The quantitative estimate of drug-likeness (QED) is 0.757. The van der Waals surface area contributed by atoms with Crippen LogP contribution in [0.3, 0.4) is 0 Å². The summed E-state index contributed by atoms with van der Waals surface area (Å²) in [7, 11) is -0.171. The first-order valence-electron chi connectivity index (χ1n) is 4.59. The molecule has 0 rings (SSSR count). The van der Waals surface area contributed by atoms with Crippen LogP contribution in [0.25, 0.3) is 0 Å². The van der Waals surface area contributed by atoms with Crippen molar-refractivity contribution in [2.75, 3.05) is 0 Å². The lowest BCUT2D eigenvalue weighted by molar-refractivity contribution is -0.192. The van der Waals surface area contributed by atoms with E-state index in [1.165, 1.54) is 18.1 Å². The molecule has 0 atom stereocenters. The molecule has 1 N–H and O–H groups in total. The van der Waals surface area contributed by atoms with Crippen LogP contribution in [-0.4, -0.2) is 26.0 Å². The van der Waals surface area contributed by atoms with Gasteiger partial charge in [-0.15, -0.1) is 0 Å². The lowest BCUT2D eigenvalue weighted by Crippen LogP contribution is -2.21. The maximum Gasteiger partial charge on any atom is 0.490 e. The number of hydrogen-bond donors (Lipinski definition) is 1. The van der Waals surface area contributed by atoms with Crippen molar-refractivity contribution in [3.05, 3.63) is 0 Å². The Hall–Kier alpha value is -0.523. The van der Waals surface area contributed by atoms with Gasteiger partial charge in [0.25, 0.3) is 0 Å². The van der Waals surface area contributed by atoms with E-state index in [0.717, 1.165) is 0 Å². The molecule has 6 heteroatoms. The molecule has 0 aliphatic heterocycles. The molecule has 86 valence electrons. The Labute approximate surface area is 83.7 Å². The Morgan fingerprint density at radius 3 is 1.36 bits per heavy atom. The molecule has 0 heterocycles. The highest BCUT2D eigenvalue weighted by Crippen LogP contribution is 2.13. The molecule has 0 unspecified atom stereocenters. The number of carbonyl (C=O) groups is 1. The second kappa shape index (κ2) is 7.84. The topological polar surface area (TPSA) is 37.3 Å². The molecule has 0 radical (unpaired) electrons. The zero-order chi connectivity index (χ0) is 11.8. The van der Waals surface area contributed by atoms with Crippen LogP contribution in [0.1, 0.15) is 20.8 Å². The van der Waals surface area contributed by atoms with E-state index in [2.05, 4.69) is 20.8 Å². The van der Waals surface area contributed by atoms with E-state index in [4.69, 9.17) is 9.90 Å². The van der Waals surface area contributed by atoms with Crippen LogP contribution in [0.4, 0.5) is 13.2 Å². The van der Waals surface area contributed by atoms with Gasteiger partial charge in [-0.2, -0.15) is 13.2 Å². The standard InChI is InChI=1S/C6H16Si.C2HF3O2/c1-4-7(5-2)6-3;3-2(4,5)1(6)7/h7H,4-6H2,1-3H3;(H,6,7). The first kappa shape index (κ1) is 15.9. The largest absolute Gasteiger partial charge is 0.490 e. The fraction of sp³-hybridized carbons (Fsp3) is 0.875. The predicted molar refractivity (Wildman–Crippen MR) is 52.3 cm³/mol. The van der Waals surface area contributed by atoms with E-state index in [-0.39, 0.29) is 8.80 Å². The summed E-state index contributed by atoms with van der Waals surface area (Å²) in [4.78, 5) is 8.90. The maximum atomic E-state index is 10.6. The van der Waals surface area contributed by atoms with E-state index in [1.54, 1.807) is 0 Å². The van der Waals surface area contributed by atoms with Gasteiger partial charge in [0.05, 0.1) is 0 Å². The number of halogens is 3. The average molecular weight is 230 g/mol. The first-order valence-corrected chi connectivity index (χ1v) is 7.04. The van der Waals surface area contributed by atoms with Crippen LogP contribution >= 0.6 is 0 Å². The summed E-state index contributed by atoms with van der Waals surface area (Å²) in [5.74, 6) is -2.76. The van der Waals surface area contributed by atoms with E-state index in [9.17, 15) is 13.2 Å². The van der Waals surface area contributed by atoms with Crippen LogP contribution in [-0.2, 0) is 4.79 Å². The molecule has 0 spiro atoms. The molecule has 0 saturated heterocycles. The zero-order valence-electron chi connectivity index (χ0n) is 8.69. The summed E-state index contributed by atoms with van der Waals surface area (Å²) in [6.07, 6.45) is -5.08. The molecule has 0 aromatic rings. The van der Waals surface area contributed by atoms with E-state index < -0.39 is 12.1 Å². The zero-order valence-corrected chi connectivity index (χ0v) is 9.84. The van der Waals surface area contributed by atoms with Crippen LogP contribution in [0.15, 0.2) is 0 Å². The van der Waals surface area contributed by atoms with Gasteiger partial charge in [0, 0.05) is 8.80 Å². The van der Waals surface area contributed by atoms with Gasteiger partial charge in [0.2, 0.25) is 0 Å². The molecule has 0 bridgehead atoms. The Bertz CT molecular complexity index is 150. The molecule has 0 aliphatic rings. The summed E-state index contributed by atoms with van der Waals surface area (Å²) >= 11 is 0. The molecular weight excluding hydrogens is 213 g/mol. The number of carboxylic acid groups (broad SMARTS) is 1. The normalized spacial score (nSPS) is 10.8. The summed E-state index contributed by atoms with van der Waals surface area (Å²) < 4.78 is 31.7. The van der Waals surface area contributed by atoms with Crippen molar-refractivity contribution < 1.29 is 23.1 Å². The first-order chi connectivity index (χ1) is 6.29. The van der Waals surface area contributed by atoms with Gasteiger partial charge >= 0.3 is 12.1 Å². The number of alkyl halides is 3. The fourth-order valence-electron chi connectivity index (χ4n) is 0.866. The minimum absolute atomic E-state index is 0.171. The van der Waals surface area contributed by atoms with Gasteiger partial charge in [-0.25, -0.2) is 4.79 Å². The monoisotopic (exact) mass is 230 g/mol. The Morgan fingerprint density at radius 2 is 1.36 bits per heavy atom. The molecule has 0 saturated carbocycles. The highest BCUT2D eigenvalue weighted by atomic mass is 28.3. The van der Waals surface area contributed by atoms with Gasteiger partial charge in [-0.1, -0.05) is 38.9 Å². The SMILES string of the molecule is CC[SiH](CC)CC.O=C(O)C(F)(F)F. The van der Waals surface area contributed by atoms with Crippen molar-refractivity contribution >= 4 is 14.8 Å². The van der Waals surface area contributed by atoms with Crippen molar-refractivity contribution in [1.82, 2.24) is 0 Å². The van der Waals surface area contributed by atoms with E-state index >= 15 is 0 Å². The highest BCUT2D eigenvalue weighted by Gasteiger charge is 2.38. The molecule has 0 amide bonds. The summed E-state index contributed by atoms with van der Waals surface area (Å²) in [6.45, 7) is 6.97. The lowest BCUT2D eigenvalue weighted by Gasteiger charge is -2.03. The van der Waals surface area contributed by atoms with E-state index in [0.29, 0.717) is 0 Å². The molecular formula is C8H17F3O2Si. The summed E-state index contributed by atoms with van der Waals surface area (Å²) in [6, 6.07) is 4.48. The third-order valence-corrected chi connectivity index (χ3v) is 5.44. The molecule has 14 heavy (non-hydrogen) atoms. The third kappa shape index (κ3) is 9.56. The number of rotatable bonds is 3. The van der Waals surface area contributed by atoms with Crippen molar-refractivity contribution in [2.24, 2.45) is 0 Å². The van der Waals surface area contributed by atoms with Crippen molar-refractivity contribution in [1.29, 1.82) is 0 Å². The van der Waals surface area contributed by atoms with Crippen molar-refractivity contribution in [2.45, 2.75) is 45.1 Å². The highest BCUT2D eigenvalue weighted by molar-refractivity contribution is 6.58. The van der Waals surface area contributed by atoms with Gasteiger partial charge < -0.3 is 5.11 Å². The van der Waals surface area contributed by atoms with Crippen LogP contribution in [0.5, 0.6) is 0 Å². The molecule has 0 aliphatic carbocycles. The maximum absolute atomic E-state index is 10.6. The number of carboxylic acids is 1. The minimum Gasteiger partial charge on any atom is -0.475 e. The fourth-order valence-corrected chi connectivity index (χ4v) is 2.60. The molecule has 0 fully saturated rings. The number of hydrogen-bond acceptors (Lipinski definition) is 1. The van der Waals surface area contributed by atoms with Gasteiger partial charge in [0.1, 0.15) is 0 Å². The second-order valence-corrected chi connectivity index (χ2v) is 7.08. The molecule has 0 aromatic carbocycles. The van der Waals surface area contributed by atoms with Gasteiger partial charge in [0.15, 0.2) is 0 Å². The van der Waals surface area contributed by atoms with Crippen LogP contribution in [0.2, 0.25) is 18.1 Å². The average Bonchev–Trinajstić information content (AvgIpc) is 2.07. The Kier molecular flexibility index (Phi) is 8.92. The summed E-state index contributed by atoms with van der Waals surface area (Å²) in [5.41, 5.74) is 0. The lowest BCUT2D eigenvalue weighted by atomic mass is 10.7.